The van der Waals surface area contributed by atoms with Gasteiger partial charge in [0.25, 0.3) is 0 Å². The Morgan fingerprint density at radius 3 is 2.85 bits per heavy atom. The fraction of sp³-hybridized carbons (Fsp3) is 0.318. The Labute approximate surface area is 189 Å². The van der Waals surface area contributed by atoms with Crippen LogP contribution in [0.4, 0.5) is 14.9 Å². The molecule has 11 heteroatoms. The van der Waals surface area contributed by atoms with E-state index in [9.17, 15) is 14.0 Å². The molecule has 1 atom stereocenters. The summed E-state index contributed by atoms with van der Waals surface area (Å²) in [5.74, 6) is -0.673. The van der Waals surface area contributed by atoms with Gasteiger partial charge in [-0.15, -0.1) is 0 Å². The van der Waals surface area contributed by atoms with Gasteiger partial charge in [0.15, 0.2) is 0 Å². The van der Waals surface area contributed by atoms with E-state index in [-0.39, 0.29) is 19.0 Å². The minimum absolute atomic E-state index is 0.207. The largest absolute Gasteiger partial charge is 0.442 e. The number of benzene rings is 1. The van der Waals surface area contributed by atoms with Crippen LogP contribution in [0.1, 0.15) is 18.3 Å². The van der Waals surface area contributed by atoms with Crippen LogP contribution >= 0.6 is 0 Å². The van der Waals surface area contributed by atoms with E-state index in [0.717, 1.165) is 24.4 Å². The third-order valence-electron chi connectivity index (χ3n) is 5.18. The molecule has 0 spiro atoms. The first-order chi connectivity index (χ1) is 16.0. The fourth-order valence-corrected chi connectivity index (χ4v) is 3.47. The van der Waals surface area contributed by atoms with Crippen molar-refractivity contribution >= 4 is 17.7 Å². The number of amides is 2. The lowest BCUT2D eigenvalue weighted by Crippen LogP contribution is -2.33. The number of ether oxygens (including phenoxy) is 1. The van der Waals surface area contributed by atoms with Gasteiger partial charge in [-0.25, -0.2) is 9.18 Å². The third-order valence-corrected chi connectivity index (χ3v) is 5.18. The number of aromatic amines is 1. The van der Waals surface area contributed by atoms with Gasteiger partial charge in [-0.2, -0.15) is 15.4 Å². The molecule has 3 heterocycles. The number of rotatable bonds is 9. The zero-order chi connectivity index (χ0) is 23.2. The maximum atomic E-state index is 14.9. The third kappa shape index (κ3) is 5.69. The van der Waals surface area contributed by atoms with Gasteiger partial charge in [0, 0.05) is 43.8 Å². The Bertz CT molecular complexity index is 1110. The number of hydrogen-bond acceptors (Lipinski definition) is 7. The van der Waals surface area contributed by atoms with Crippen molar-refractivity contribution in [1.82, 2.24) is 31.0 Å². The summed E-state index contributed by atoms with van der Waals surface area (Å²) in [6.07, 6.45) is 3.01. The molecule has 0 saturated carbocycles. The molecule has 3 N–H and O–H groups in total. The first kappa shape index (κ1) is 22.3. The molecule has 1 aliphatic heterocycles. The Morgan fingerprint density at radius 2 is 2.15 bits per heavy atom. The summed E-state index contributed by atoms with van der Waals surface area (Å²) in [7, 11) is 0. The van der Waals surface area contributed by atoms with Crippen LogP contribution in [-0.2, 0) is 22.5 Å². The van der Waals surface area contributed by atoms with Crippen LogP contribution in [0.25, 0.3) is 11.1 Å². The number of carbonyl (C=O) groups excluding carboxylic acids is 2. The quantitative estimate of drug-likeness (QED) is 0.422. The predicted octanol–water partition coefficient (Wildman–Crippen LogP) is 1.80. The summed E-state index contributed by atoms with van der Waals surface area (Å²) in [6.45, 7) is 3.15. The number of aromatic nitrogens is 4. The number of H-pyrrole nitrogens is 1. The standard InChI is InChI=1S/C22H24FN7O3/c1-14(31)25-12-19-13-30(22(32)33-19)18-4-5-20(21(23)8-18)15-2-3-16(26-9-15)10-24-7-6-17-11-27-29-28-17/h2-5,8-9,11,19,24H,6-7,10,12-13H2,1H3,(H,25,31)(H,27,28,29)/t19-/m0/s1. The van der Waals surface area contributed by atoms with Crippen molar-refractivity contribution in [3.05, 3.63) is 59.9 Å². The summed E-state index contributed by atoms with van der Waals surface area (Å²) in [5, 5.41) is 16.2. The monoisotopic (exact) mass is 453 g/mol. The van der Waals surface area contributed by atoms with Gasteiger partial charge in [0.2, 0.25) is 5.91 Å². The molecule has 0 bridgehead atoms. The van der Waals surface area contributed by atoms with Crippen molar-refractivity contribution in [2.24, 2.45) is 0 Å². The number of hydrogen-bond donors (Lipinski definition) is 3. The van der Waals surface area contributed by atoms with E-state index in [1.165, 1.54) is 17.9 Å². The minimum atomic E-state index is -0.570. The summed E-state index contributed by atoms with van der Waals surface area (Å²) in [5.41, 5.74) is 3.14. The number of nitrogens with zero attached hydrogens (tertiary/aromatic N) is 4. The summed E-state index contributed by atoms with van der Waals surface area (Å²) in [6, 6.07) is 8.24. The number of pyridine rings is 1. The summed E-state index contributed by atoms with van der Waals surface area (Å²) < 4.78 is 20.1. The van der Waals surface area contributed by atoms with Crippen molar-refractivity contribution in [3.8, 4) is 11.1 Å². The lowest BCUT2D eigenvalue weighted by Gasteiger charge is -2.14. The topological polar surface area (TPSA) is 125 Å². The van der Waals surface area contributed by atoms with Crippen LogP contribution in [0.3, 0.4) is 0 Å². The lowest BCUT2D eigenvalue weighted by molar-refractivity contribution is -0.119. The SMILES string of the molecule is CC(=O)NC[C@H]1CN(c2ccc(-c3ccc(CNCCc4cn[nH]n4)nc3)c(F)c2)C(=O)O1. The molecule has 10 nitrogen and oxygen atoms in total. The van der Waals surface area contributed by atoms with Crippen molar-refractivity contribution in [1.29, 1.82) is 0 Å². The molecule has 1 saturated heterocycles. The molecule has 3 aromatic rings. The van der Waals surface area contributed by atoms with Crippen LogP contribution < -0.4 is 15.5 Å². The van der Waals surface area contributed by atoms with E-state index in [1.807, 2.05) is 12.1 Å². The van der Waals surface area contributed by atoms with Crippen molar-refractivity contribution < 1.29 is 18.7 Å². The Hall–Kier alpha value is -3.86. The Balaban J connectivity index is 1.34. The molecule has 0 radical (unpaired) electrons. The number of cyclic esters (lactones) is 1. The molecule has 0 aliphatic carbocycles. The highest BCUT2D eigenvalue weighted by Gasteiger charge is 2.32. The molecule has 1 aliphatic rings. The molecular formula is C22H24FN7O3. The van der Waals surface area contributed by atoms with Gasteiger partial charge in [-0.05, 0) is 24.3 Å². The number of carbonyl (C=O) groups is 2. The number of halogens is 1. The van der Waals surface area contributed by atoms with Gasteiger partial charge < -0.3 is 15.4 Å². The first-order valence-corrected chi connectivity index (χ1v) is 10.5. The van der Waals surface area contributed by atoms with Crippen molar-refractivity contribution in [3.63, 3.8) is 0 Å². The zero-order valence-electron chi connectivity index (χ0n) is 18.0. The van der Waals surface area contributed by atoms with Crippen LogP contribution in [0.2, 0.25) is 0 Å². The predicted molar refractivity (Wildman–Crippen MR) is 118 cm³/mol. The first-order valence-electron chi connectivity index (χ1n) is 10.5. The van der Waals surface area contributed by atoms with E-state index < -0.39 is 18.0 Å². The Morgan fingerprint density at radius 1 is 1.27 bits per heavy atom. The highest BCUT2D eigenvalue weighted by Crippen LogP contribution is 2.28. The second-order valence-electron chi connectivity index (χ2n) is 7.64. The molecule has 2 amide bonds. The zero-order valence-corrected chi connectivity index (χ0v) is 18.0. The van der Waals surface area contributed by atoms with E-state index in [1.54, 1.807) is 24.5 Å². The molecular weight excluding hydrogens is 429 g/mol. The second kappa shape index (κ2) is 10.2. The number of anilines is 1. The normalized spacial score (nSPS) is 15.5. The van der Waals surface area contributed by atoms with Crippen molar-refractivity contribution in [2.45, 2.75) is 26.0 Å². The van der Waals surface area contributed by atoms with Gasteiger partial charge in [-0.3, -0.25) is 14.7 Å². The molecule has 2 aromatic heterocycles. The van der Waals surface area contributed by atoms with Crippen LogP contribution in [0.5, 0.6) is 0 Å². The van der Waals surface area contributed by atoms with E-state index in [4.69, 9.17) is 4.74 Å². The molecule has 0 unspecified atom stereocenters. The number of nitrogens with one attached hydrogen (secondary N) is 3. The van der Waals surface area contributed by atoms with Crippen LogP contribution in [-0.4, -0.2) is 58.1 Å². The second-order valence-corrected chi connectivity index (χ2v) is 7.64. The average Bonchev–Trinajstić information content (AvgIpc) is 3.45. The average molecular weight is 453 g/mol. The van der Waals surface area contributed by atoms with Gasteiger partial charge >= 0.3 is 6.09 Å². The van der Waals surface area contributed by atoms with E-state index in [2.05, 4.69) is 31.0 Å². The summed E-state index contributed by atoms with van der Waals surface area (Å²) in [4.78, 5) is 29.0. The highest BCUT2D eigenvalue weighted by molar-refractivity contribution is 5.90. The fourth-order valence-electron chi connectivity index (χ4n) is 3.47. The van der Waals surface area contributed by atoms with E-state index >= 15 is 0 Å². The Kier molecular flexibility index (Phi) is 6.89. The van der Waals surface area contributed by atoms with Crippen LogP contribution in [0.15, 0.2) is 42.7 Å². The minimum Gasteiger partial charge on any atom is -0.442 e. The molecule has 172 valence electrons. The van der Waals surface area contributed by atoms with Crippen molar-refractivity contribution in [2.75, 3.05) is 24.5 Å². The molecule has 1 fully saturated rings. The maximum absolute atomic E-state index is 14.9. The van der Waals surface area contributed by atoms with Gasteiger partial charge in [0.05, 0.1) is 36.4 Å². The smallest absolute Gasteiger partial charge is 0.414 e. The lowest BCUT2D eigenvalue weighted by atomic mass is 10.1. The van der Waals surface area contributed by atoms with E-state index in [0.29, 0.717) is 23.4 Å². The van der Waals surface area contributed by atoms with Crippen LogP contribution in [0, 0.1) is 5.82 Å². The molecule has 33 heavy (non-hydrogen) atoms. The van der Waals surface area contributed by atoms with Gasteiger partial charge in [0.1, 0.15) is 11.9 Å². The molecule has 4 rings (SSSR count). The molecule has 1 aromatic carbocycles. The highest BCUT2D eigenvalue weighted by atomic mass is 19.1. The maximum Gasteiger partial charge on any atom is 0.414 e. The summed E-state index contributed by atoms with van der Waals surface area (Å²) >= 11 is 0. The van der Waals surface area contributed by atoms with Gasteiger partial charge in [-0.1, -0.05) is 6.07 Å².